The predicted octanol–water partition coefficient (Wildman–Crippen LogP) is 1.48. The zero-order valence-electron chi connectivity index (χ0n) is 8.17. The number of alkyl halides is 3. The van der Waals surface area contributed by atoms with Crippen molar-refractivity contribution in [2.45, 2.75) is 36.5 Å². The van der Waals surface area contributed by atoms with Crippen molar-refractivity contribution in [3.63, 3.8) is 0 Å². The monoisotopic (exact) mass is 240 g/mol. The van der Waals surface area contributed by atoms with E-state index >= 15 is 0 Å². The van der Waals surface area contributed by atoms with Gasteiger partial charge in [-0.25, -0.2) is 4.98 Å². The quantitative estimate of drug-likeness (QED) is 0.785. The molecular weight excluding hydrogens is 229 g/mol. The van der Waals surface area contributed by atoms with E-state index in [4.69, 9.17) is 5.73 Å². The van der Waals surface area contributed by atoms with Crippen LogP contribution in [-0.4, -0.2) is 32.6 Å². The van der Waals surface area contributed by atoms with E-state index in [-0.39, 0.29) is 5.16 Å². The highest BCUT2D eigenvalue weighted by molar-refractivity contribution is 7.99. The Morgan fingerprint density at radius 1 is 1.47 bits per heavy atom. The van der Waals surface area contributed by atoms with E-state index < -0.39 is 17.5 Å². The molecule has 8 heteroatoms. The fraction of sp³-hybridized carbons (Fsp3) is 0.714. The number of aromatic nitrogens is 3. The van der Waals surface area contributed by atoms with Gasteiger partial charge in [-0.2, -0.15) is 13.2 Å². The number of rotatable bonds is 3. The molecule has 0 amide bonds. The van der Waals surface area contributed by atoms with Gasteiger partial charge in [0.15, 0.2) is 0 Å². The molecule has 15 heavy (non-hydrogen) atoms. The lowest BCUT2D eigenvalue weighted by Crippen LogP contribution is -2.40. The number of nitrogens with one attached hydrogen (secondary N) is 1. The summed E-state index contributed by atoms with van der Waals surface area (Å²) in [6.07, 6.45) is -4.35. The lowest BCUT2D eigenvalue weighted by atomic mass is 10.2. The zero-order chi connectivity index (χ0) is 11.6. The molecule has 1 heterocycles. The van der Waals surface area contributed by atoms with Gasteiger partial charge in [0.2, 0.25) is 5.16 Å². The van der Waals surface area contributed by atoms with Crippen LogP contribution in [0.15, 0.2) is 5.16 Å². The van der Waals surface area contributed by atoms with Crippen LogP contribution in [0.2, 0.25) is 0 Å². The largest absolute Gasteiger partial charge is 0.402 e. The van der Waals surface area contributed by atoms with E-state index in [1.165, 1.54) is 6.92 Å². The van der Waals surface area contributed by atoms with Crippen molar-refractivity contribution < 1.29 is 13.2 Å². The van der Waals surface area contributed by atoms with Gasteiger partial charge in [0.1, 0.15) is 11.1 Å². The summed E-state index contributed by atoms with van der Waals surface area (Å²) in [5.74, 6) is 0.475. The van der Waals surface area contributed by atoms with Crippen LogP contribution in [0.1, 0.15) is 12.7 Å². The molecular formula is C7H11F3N4S. The molecule has 0 aliphatic rings. The molecule has 86 valence electrons. The van der Waals surface area contributed by atoms with Gasteiger partial charge < -0.3 is 5.73 Å². The van der Waals surface area contributed by atoms with Crippen molar-refractivity contribution in [3.8, 4) is 0 Å². The van der Waals surface area contributed by atoms with Crippen molar-refractivity contribution in [2.24, 2.45) is 5.73 Å². The Balaban J connectivity index is 2.76. The van der Waals surface area contributed by atoms with Gasteiger partial charge in [0, 0.05) is 6.04 Å². The fourth-order valence-electron chi connectivity index (χ4n) is 0.961. The predicted molar refractivity (Wildman–Crippen MR) is 50.5 cm³/mol. The van der Waals surface area contributed by atoms with E-state index in [1.54, 1.807) is 6.92 Å². The second-order valence-corrected chi connectivity index (χ2v) is 4.25. The number of nitrogens with zero attached hydrogens (tertiary/aromatic N) is 2. The standard InChI is InChI=1S/C7H11F3N4S/c1-3(11)5(7(8,9)10)15-6-12-4(2)13-14-6/h3,5H,11H2,1-2H3,(H,12,13,14). The molecule has 0 fully saturated rings. The molecule has 2 atom stereocenters. The fourth-order valence-corrected chi connectivity index (χ4v) is 1.82. The molecule has 0 saturated heterocycles. The minimum Gasteiger partial charge on any atom is -0.327 e. The highest BCUT2D eigenvalue weighted by Crippen LogP contribution is 2.35. The van der Waals surface area contributed by atoms with Crippen molar-refractivity contribution in [1.82, 2.24) is 15.2 Å². The summed E-state index contributed by atoms with van der Waals surface area (Å²) in [5, 5.41) is 4.47. The topological polar surface area (TPSA) is 67.6 Å². The Hall–Kier alpha value is -0.760. The Bertz CT molecular complexity index is 322. The Morgan fingerprint density at radius 3 is 2.40 bits per heavy atom. The minimum absolute atomic E-state index is 0.0622. The van der Waals surface area contributed by atoms with Crippen molar-refractivity contribution >= 4 is 11.8 Å². The summed E-state index contributed by atoms with van der Waals surface area (Å²) >= 11 is 0.521. The van der Waals surface area contributed by atoms with Crippen molar-refractivity contribution in [3.05, 3.63) is 5.82 Å². The van der Waals surface area contributed by atoms with E-state index in [0.29, 0.717) is 17.6 Å². The lowest BCUT2D eigenvalue weighted by Gasteiger charge is -2.21. The molecule has 0 bridgehead atoms. The van der Waals surface area contributed by atoms with Crippen LogP contribution in [0.5, 0.6) is 0 Å². The number of hydrogen-bond donors (Lipinski definition) is 2. The lowest BCUT2D eigenvalue weighted by molar-refractivity contribution is -0.131. The maximum atomic E-state index is 12.5. The Kier molecular flexibility index (Phi) is 3.61. The Labute approximate surface area is 88.8 Å². The average molecular weight is 240 g/mol. The number of hydrogen-bond acceptors (Lipinski definition) is 4. The number of nitrogens with two attached hydrogens (primary N) is 1. The first kappa shape index (κ1) is 12.3. The summed E-state index contributed by atoms with van der Waals surface area (Å²) < 4.78 is 37.5. The van der Waals surface area contributed by atoms with Crippen LogP contribution in [0.25, 0.3) is 0 Å². The van der Waals surface area contributed by atoms with Gasteiger partial charge in [-0.1, -0.05) is 11.8 Å². The van der Waals surface area contributed by atoms with Crippen LogP contribution in [-0.2, 0) is 0 Å². The van der Waals surface area contributed by atoms with Crippen LogP contribution in [0.3, 0.4) is 0 Å². The molecule has 0 aliphatic heterocycles. The average Bonchev–Trinajstić information content (AvgIpc) is 2.44. The normalized spacial score (nSPS) is 16.4. The maximum absolute atomic E-state index is 12.5. The number of H-pyrrole nitrogens is 1. The van der Waals surface area contributed by atoms with Gasteiger partial charge in [0.25, 0.3) is 0 Å². The second kappa shape index (κ2) is 4.40. The molecule has 0 saturated carbocycles. The highest BCUT2D eigenvalue weighted by atomic mass is 32.2. The van der Waals surface area contributed by atoms with Crippen molar-refractivity contribution in [1.29, 1.82) is 0 Å². The molecule has 4 nitrogen and oxygen atoms in total. The summed E-state index contributed by atoms with van der Waals surface area (Å²) in [6, 6.07) is -1.01. The smallest absolute Gasteiger partial charge is 0.327 e. The van der Waals surface area contributed by atoms with Gasteiger partial charge in [-0.15, -0.1) is 5.10 Å². The molecule has 2 unspecified atom stereocenters. The molecule has 1 aromatic heterocycles. The first-order valence-electron chi connectivity index (χ1n) is 4.18. The molecule has 3 N–H and O–H groups in total. The Morgan fingerprint density at radius 2 is 2.07 bits per heavy atom. The third-order valence-corrected chi connectivity index (χ3v) is 2.95. The minimum atomic E-state index is -4.35. The van der Waals surface area contributed by atoms with Crippen LogP contribution >= 0.6 is 11.8 Å². The number of aromatic amines is 1. The molecule has 1 aromatic rings. The molecule has 0 spiro atoms. The SMILES string of the molecule is Cc1nc(SC(C(C)N)C(F)(F)F)n[nH]1. The highest BCUT2D eigenvalue weighted by Gasteiger charge is 2.43. The third-order valence-electron chi connectivity index (χ3n) is 1.61. The number of thioether (sulfide) groups is 1. The van der Waals surface area contributed by atoms with Crippen LogP contribution in [0, 0.1) is 6.92 Å². The second-order valence-electron chi connectivity index (χ2n) is 3.14. The first-order chi connectivity index (χ1) is 6.80. The zero-order valence-corrected chi connectivity index (χ0v) is 8.99. The van der Waals surface area contributed by atoms with Gasteiger partial charge in [-0.3, -0.25) is 5.10 Å². The van der Waals surface area contributed by atoms with Gasteiger partial charge >= 0.3 is 6.18 Å². The van der Waals surface area contributed by atoms with Gasteiger partial charge in [-0.05, 0) is 13.8 Å². The summed E-state index contributed by atoms with van der Waals surface area (Å²) in [4.78, 5) is 3.79. The van der Waals surface area contributed by atoms with Crippen molar-refractivity contribution in [2.75, 3.05) is 0 Å². The molecule has 1 rings (SSSR count). The van der Waals surface area contributed by atoms with E-state index in [2.05, 4.69) is 15.2 Å². The molecule has 0 radical (unpaired) electrons. The maximum Gasteiger partial charge on any atom is 0.402 e. The van der Waals surface area contributed by atoms with Crippen LogP contribution in [0.4, 0.5) is 13.2 Å². The van der Waals surface area contributed by atoms with E-state index in [9.17, 15) is 13.2 Å². The van der Waals surface area contributed by atoms with E-state index in [0.717, 1.165) is 0 Å². The summed E-state index contributed by atoms with van der Waals surface area (Å²) in [5.41, 5.74) is 5.27. The third kappa shape index (κ3) is 3.38. The molecule has 0 aromatic carbocycles. The molecule has 0 aliphatic carbocycles. The van der Waals surface area contributed by atoms with Crippen LogP contribution < -0.4 is 5.73 Å². The van der Waals surface area contributed by atoms with E-state index in [1.807, 2.05) is 0 Å². The van der Waals surface area contributed by atoms with Gasteiger partial charge in [0.05, 0.1) is 0 Å². The number of aryl methyl sites for hydroxylation is 1. The first-order valence-corrected chi connectivity index (χ1v) is 5.06. The number of halogens is 3. The summed E-state index contributed by atoms with van der Waals surface area (Å²) in [6.45, 7) is 2.93. The summed E-state index contributed by atoms with van der Waals surface area (Å²) in [7, 11) is 0.